The Hall–Kier alpha value is -3.51. The van der Waals surface area contributed by atoms with Gasteiger partial charge in [-0.15, -0.1) is 0 Å². The number of hydrogen-bond acceptors (Lipinski definition) is 7. The third kappa shape index (κ3) is 10.2. The fraction of sp³-hybridized carbons (Fsp3) is 0.500. The van der Waals surface area contributed by atoms with E-state index in [9.17, 15) is 13.2 Å². The predicted molar refractivity (Wildman–Crippen MR) is 152 cm³/mol. The van der Waals surface area contributed by atoms with E-state index in [-0.39, 0.29) is 6.42 Å². The molecule has 12 heteroatoms. The van der Waals surface area contributed by atoms with Gasteiger partial charge in [-0.2, -0.15) is 18.2 Å². The van der Waals surface area contributed by atoms with E-state index in [2.05, 4.69) is 37.8 Å². The lowest BCUT2D eigenvalue weighted by atomic mass is 10.2. The van der Waals surface area contributed by atoms with Crippen molar-refractivity contribution in [3.05, 3.63) is 59.7 Å². The van der Waals surface area contributed by atoms with Gasteiger partial charge in [-0.3, -0.25) is 4.99 Å². The van der Waals surface area contributed by atoms with Gasteiger partial charge in [0.2, 0.25) is 11.8 Å². The SMILES string of the molecule is C\C=C(/N=C(\N=C\c1ccnc(OCC)c1)N1CCOCC1)N1CCN(C)CC1.FC(F)(F)C1=CN=CC=CC1. The molecule has 40 heavy (non-hydrogen) atoms. The van der Waals surface area contributed by atoms with Gasteiger partial charge in [-0.25, -0.2) is 9.98 Å². The number of halogens is 3. The summed E-state index contributed by atoms with van der Waals surface area (Å²) in [6, 6.07) is 3.81. The third-order valence-corrected chi connectivity index (χ3v) is 6.21. The van der Waals surface area contributed by atoms with Crippen molar-refractivity contribution in [3.8, 4) is 5.88 Å². The topological polar surface area (TPSA) is 78.2 Å². The number of alkyl halides is 3. The van der Waals surface area contributed by atoms with Gasteiger partial charge in [0.05, 0.1) is 25.4 Å². The van der Waals surface area contributed by atoms with Crippen LogP contribution in [0.1, 0.15) is 25.8 Å². The molecule has 3 aliphatic rings. The molecule has 9 nitrogen and oxygen atoms in total. The van der Waals surface area contributed by atoms with E-state index in [1.807, 2.05) is 32.2 Å². The van der Waals surface area contributed by atoms with Gasteiger partial charge >= 0.3 is 6.18 Å². The summed E-state index contributed by atoms with van der Waals surface area (Å²) >= 11 is 0. The van der Waals surface area contributed by atoms with E-state index in [4.69, 9.17) is 19.5 Å². The number of aromatic nitrogens is 1. The molecule has 0 spiro atoms. The maximum absolute atomic E-state index is 11.9. The fourth-order valence-corrected chi connectivity index (χ4v) is 3.94. The fourth-order valence-electron chi connectivity index (χ4n) is 3.94. The summed E-state index contributed by atoms with van der Waals surface area (Å²) in [4.78, 5) is 24.2. The Bertz CT molecular complexity index is 1120. The van der Waals surface area contributed by atoms with Crippen LogP contribution in [-0.2, 0) is 4.74 Å². The van der Waals surface area contributed by atoms with Crippen molar-refractivity contribution in [2.45, 2.75) is 26.4 Å². The Morgan fingerprint density at radius 3 is 2.55 bits per heavy atom. The highest BCUT2D eigenvalue weighted by molar-refractivity contribution is 5.94. The summed E-state index contributed by atoms with van der Waals surface area (Å²) in [5, 5.41) is 0. The van der Waals surface area contributed by atoms with E-state index in [1.54, 1.807) is 6.20 Å². The number of likely N-dealkylation sites (N-methyl/N-ethyl adjacent to an activating group) is 1. The zero-order valence-corrected chi connectivity index (χ0v) is 23.3. The molecule has 1 aromatic heterocycles. The molecule has 2 saturated heterocycles. The molecule has 1 aromatic rings. The first-order valence-electron chi connectivity index (χ1n) is 13.4. The minimum Gasteiger partial charge on any atom is -0.478 e. The van der Waals surface area contributed by atoms with E-state index in [0.29, 0.717) is 25.7 Å². The first-order valence-corrected chi connectivity index (χ1v) is 13.4. The molecular weight excluding hydrogens is 523 g/mol. The molecule has 0 aliphatic carbocycles. The monoisotopic (exact) mass is 561 g/mol. The van der Waals surface area contributed by atoms with Crippen LogP contribution in [0.2, 0.25) is 0 Å². The van der Waals surface area contributed by atoms with Gasteiger partial charge in [0.25, 0.3) is 0 Å². The highest BCUT2D eigenvalue weighted by Crippen LogP contribution is 2.28. The summed E-state index contributed by atoms with van der Waals surface area (Å²) in [5.74, 6) is 2.30. The number of ether oxygens (including phenoxy) is 2. The Morgan fingerprint density at radius 1 is 1.12 bits per heavy atom. The average molecular weight is 562 g/mol. The number of hydrogen-bond donors (Lipinski definition) is 0. The largest absolute Gasteiger partial charge is 0.478 e. The molecule has 0 saturated carbocycles. The average Bonchev–Trinajstić information content (AvgIpc) is 3.26. The quantitative estimate of drug-likeness (QED) is 0.397. The summed E-state index contributed by atoms with van der Waals surface area (Å²) in [7, 11) is 2.16. The molecule has 0 unspecified atom stereocenters. The van der Waals surface area contributed by atoms with Gasteiger partial charge in [-0.1, -0.05) is 6.08 Å². The Labute approximate surface area is 234 Å². The highest BCUT2D eigenvalue weighted by Gasteiger charge is 2.32. The van der Waals surface area contributed by atoms with Crippen molar-refractivity contribution in [1.29, 1.82) is 0 Å². The Kier molecular flexibility index (Phi) is 12.4. The number of morpholine rings is 1. The van der Waals surface area contributed by atoms with Crippen molar-refractivity contribution in [1.82, 2.24) is 19.7 Å². The van der Waals surface area contributed by atoms with Crippen molar-refractivity contribution >= 4 is 18.4 Å². The van der Waals surface area contributed by atoms with E-state index >= 15 is 0 Å². The second kappa shape index (κ2) is 15.9. The lowest BCUT2D eigenvalue weighted by molar-refractivity contribution is -0.0930. The van der Waals surface area contributed by atoms with Gasteiger partial charge in [-0.05, 0) is 51.1 Å². The second-order valence-electron chi connectivity index (χ2n) is 9.15. The maximum atomic E-state index is 11.9. The molecule has 4 rings (SSSR count). The van der Waals surface area contributed by atoms with Crippen LogP contribution in [0.3, 0.4) is 0 Å². The van der Waals surface area contributed by atoms with Crippen LogP contribution in [0.15, 0.2) is 69.1 Å². The van der Waals surface area contributed by atoms with Crippen LogP contribution >= 0.6 is 0 Å². The molecule has 0 amide bonds. The van der Waals surface area contributed by atoms with Crippen LogP contribution in [0, 0.1) is 0 Å². The zero-order chi connectivity index (χ0) is 28.8. The highest BCUT2D eigenvalue weighted by atomic mass is 19.4. The minimum absolute atomic E-state index is 0.0938. The molecule has 0 radical (unpaired) electrons. The number of guanidine groups is 1. The third-order valence-electron chi connectivity index (χ3n) is 6.21. The summed E-state index contributed by atoms with van der Waals surface area (Å²) in [5.41, 5.74) is 0.327. The zero-order valence-electron chi connectivity index (χ0n) is 23.3. The Balaban J connectivity index is 0.000000336. The van der Waals surface area contributed by atoms with E-state index in [0.717, 1.165) is 62.8 Å². The lowest BCUT2D eigenvalue weighted by Crippen LogP contribution is -2.44. The normalized spacial score (nSPS) is 19.3. The van der Waals surface area contributed by atoms with E-state index in [1.165, 1.54) is 18.4 Å². The lowest BCUT2D eigenvalue weighted by Gasteiger charge is -2.34. The molecule has 4 heterocycles. The molecule has 0 atom stereocenters. The molecule has 0 N–H and O–H groups in total. The molecule has 218 valence electrons. The summed E-state index contributed by atoms with van der Waals surface area (Å²) in [6.45, 7) is 11.6. The van der Waals surface area contributed by atoms with Crippen LogP contribution < -0.4 is 4.74 Å². The van der Waals surface area contributed by atoms with Crippen molar-refractivity contribution in [2.24, 2.45) is 15.0 Å². The number of allylic oxidation sites excluding steroid dienone is 4. The maximum Gasteiger partial charge on any atom is 0.414 e. The number of pyridine rings is 1. The van der Waals surface area contributed by atoms with Gasteiger partial charge in [0.15, 0.2) is 0 Å². The first kappa shape index (κ1) is 31.0. The van der Waals surface area contributed by atoms with Crippen molar-refractivity contribution in [2.75, 3.05) is 66.1 Å². The minimum atomic E-state index is -4.24. The van der Waals surface area contributed by atoms with Crippen LogP contribution in [0.5, 0.6) is 5.88 Å². The van der Waals surface area contributed by atoms with Gasteiger partial charge in [0.1, 0.15) is 5.82 Å². The van der Waals surface area contributed by atoms with Gasteiger partial charge < -0.3 is 24.2 Å². The van der Waals surface area contributed by atoms with Crippen molar-refractivity contribution in [3.63, 3.8) is 0 Å². The van der Waals surface area contributed by atoms with E-state index < -0.39 is 11.7 Å². The first-order chi connectivity index (χ1) is 19.3. The standard InChI is InChI=1S/C21H32N6O2.C7H6F3N/c1-4-19(26-10-8-25(3)9-11-26)24-21(27-12-14-28-15-13-27)23-17-18-6-7-22-20(16-18)29-5-2;8-7(9,10)6-3-1-2-4-11-5-6/h4,6-7,16-17H,5,8-15H2,1-3H3;1-2,4-5H,3H2/b19-4+,23-17+,24-21+;. The van der Waals surface area contributed by atoms with Gasteiger partial charge in [0, 0.05) is 70.2 Å². The molecule has 0 aromatic carbocycles. The summed E-state index contributed by atoms with van der Waals surface area (Å²) in [6.07, 6.45) is 6.40. The smallest absolute Gasteiger partial charge is 0.414 e. The van der Waals surface area contributed by atoms with Crippen molar-refractivity contribution < 1.29 is 22.6 Å². The van der Waals surface area contributed by atoms with Crippen LogP contribution in [0.4, 0.5) is 13.2 Å². The molecule has 2 fully saturated rings. The number of nitrogens with zero attached hydrogens (tertiary/aromatic N) is 7. The molecule has 0 bridgehead atoms. The molecular formula is C28H38F3N7O2. The van der Waals surface area contributed by atoms with Crippen LogP contribution in [-0.4, -0.2) is 110 Å². The number of aliphatic imine (C=N–C) groups is 3. The number of rotatable bonds is 5. The van der Waals surface area contributed by atoms with Crippen LogP contribution in [0.25, 0.3) is 0 Å². The predicted octanol–water partition coefficient (Wildman–Crippen LogP) is 4.16. The second-order valence-corrected chi connectivity index (χ2v) is 9.15. The summed E-state index contributed by atoms with van der Waals surface area (Å²) < 4.78 is 46.8. The molecule has 3 aliphatic heterocycles. The Morgan fingerprint density at radius 2 is 1.88 bits per heavy atom. The number of piperazine rings is 1.